The molecule has 1 aromatic rings. The van der Waals surface area contributed by atoms with Crippen LogP contribution in [-0.2, 0) is 9.59 Å². The van der Waals surface area contributed by atoms with Gasteiger partial charge in [0.05, 0.1) is 12.8 Å². The molecule has 0 aromatic heterocycles. The van der Waals surface area contributed by atoms with Crippen LogP contribution >= 0.6 is 0 Å². The van der Waals surface area contributed by atoms with Gasteiger partial charge < -0.3 is 21.1 Å². The SMILES string of the molecule is COc1cc(NC(=O)CC2CCCCC2N)ccc1NC(C)=O. The normalized spacial score (nSPS) is 20.7. The number of carbonyl (C=O) groups excluding carboxylic acids is 2. The van der Waals surface area contributed by atoms with E-state index in [1.807, 2.05) is 0 Å². The van der Waals surface area contributed by atoms with Crippen LogP contribution in [0.15, 0.2) is 18.2 Å². The fourth-order valence-corrected chi connectivity index (χ4v) is 3.00. The second kappa shape index (κ2) is 7.97. The molecule has 2 amide bonds. The van der Waals surface area contributed by atoms with Crippen molar-refractivity contribution in [1.29, 1.82) is 0 Å². The van der Waals surface area contributed by atoms with Gasteiger partial charge in [-0.2, -0.15) is 0 Å². The van der Waals surface area contributed by atoms with Crippen molar-refractivity contribution >= 4 is 23.2 Å². The predicted molar refractivity (Wildman–Crippen MR) is 90.5 cm³/mol. The monoisotopic (exact) mass is 319 g/mol. The van der Waals surface area contributed by atoms with Crippen molar-refractivity contribution in [3.8, 4) is 5.75 Å². The highest BCUT2D eigenvalue weighted by atomic mass is 16.5. The highest BCUT2D eigenvalue weighted by Gasteiger charge is 2.24. The molecule has 2 atom stereocenters. The Balaban J connectivity index is 1.98. The van der Waals surface area contributed by atoms with E-state index in [0.29, 0.717) is 23.5 Å². The van der Waals surface area contributed by atoms with E-state index in [-0.39, 0.29) is 23.8 Å². The van der Waals surface area contributed by atoms with Crippen molar-refractivity contribution in [1.82, 2.24) is 0 Å². The maximum atomic E-state index is 12.2. The molecule has 6 heteroatoms. The summed E-state index contributed by atoms with van der Waals surface area (Å²) in [5.41, 5.74) is 7.31. The molecule has 0 heterocycles. The third-order valence-corrected chi connectivity index (χ3v) is 4.21. The molecule has 1 aliphatic carbocycles. The molecule has 0 aliphatic heterocycles. The minimum Gasteiger partial charge on any atom is -0.494 e. The Bertz CT molecular complexity index is 574. The van der Waals surface area contributed by atoms with Crippen molar-refractivity contribution in [2.24, 2.45) is 11.7 Å². The zero-order chi connectivity index (χ0) is 16.8. The van der Waals surface area contributed by atoms with Gasteiger partial charge in [-0.25, -0.2) is 0 Å². The molecular formula is C17H25N3O3. The molecule has 1 aromatic carbocycles. The Labute approximate surface area is 136 Å². The van der Waals surface area contributed by atoms with E-state index in [0.717, 1.165) is 25.7 Å². The van der Waals surface area contributed by atoms with E-state index in [1.165, 1.54) is 14.0 Å². The topological polar surface area (TPSA) is 93.4 Å². The number of rotatable bonds is 5. The van der Waals surface area contributed by atoms with Crippen LogP contribution in [-0.4, -0.2) is 25.0 Å². The van der Waals surface area contributed by atoms with E-state index in [1.54, 1.807) is 18.2 Å². The number of ether oxygens (including phenoxy) is 1. The first-order valence-electron chi connectivity index (χ1n) is 8.00. The summed E-state index contributed by atoms with van der Waals surface area (Å²) in [7, 11) is 1.52. The molecule has 0 spiro atoms. The molecule has 6 nitrogen and oxygen atoms in total. The average molecular weight is 319 g/mol. The quantitative estimate of drug-likeness (QED) is 0.777. The van der Waals surface area contributed by atoms with Crippen molar-refractivity contribution in [2.75, 3.05) is 17.7 Å². The van der Waals surface area contributed by atoms with E-state index < -0.39 is 0 Å². The van der Waals surface area contributed by atoms with Gasteiger partial charge in [-0.3, -0.25) is 9.59 Å². The molecule has 0 bridgehead atoms. The second-order valence-electron chi connectivity index (χ2n) is 6.06. The lowest BCUT2D eigenvalue weighted by atomic mass is 9.83. The zero-order valence-electron chi connectivity index (χ0n) is 13.7. The third kappa shape index (κ3) is 4.96. The Kier molecular flexibility index (Phi) is 5.98. The maximum Gasteiger partial charge on any atom is 0.224 e. The minimum absolute atomic E-state index is 0.0401. The summed E-state index contributed by atoms with van der Waals surface area (Å²) in [4.78, 5) is 23.4. The summed E-state index contributed by atoms with van der Waals surface area (Å²) in [5.74, 6) is 0.546. The molecular weight excluding hydrogens is 294 g/mol. The molecule has 2 rings (SSSR count). The number of benzene rings is 1. The molecule has 2 unspecified atom stereocenters. The number of amides is 2. The fraction of sp³-hybridized carbons (Fsp3) is 0.529. The maximum absolute atomic E-state index is 12.2. The third-order valence-electron chi connectivity index (χ3n) is 4.21. The van der Waals surface area contributed by atoms with E-state index in [4.69, 9.17) is 10.5 Å². The van der Waals surface area contributed by atoms with Crippen molar-refractivity contribution in [3.63, 3.8) is 0 Å². The Morgan fingerprint density at radius 3 is 2.65 bits per heavy atom. The van der Waals surface area contributed by atoms with Crippen LogP contribution in [0.5, 0.6) is 5.75 Å². The van der Waals surface area contributed by atoms with Crippen LogP contribution < -0.4 is 21.1 Å². The molecule has 1 saturated carbocycles. The Hall–Kier alpha value is -2.08. The Morgan fingerprint density at radius 2 is 2.00 bits per heavy atom. The van der Waals surface area contributed by atoms with E-state index >= 15 is 0 Å². The average Bonchev–Trinajstić information content (AvgIpc) is 2.50. The zero-order valence-corrected chi connectivity index (χ0v) is 13.7. The smallest absolute Gasteiger partial charge is 0.224 e. The van der Waals surface area contributed by atoms with Crippen LogP contribution in [0, 0.1) is 5.92 Å². The standard InChI is InChI=1S/C17H25N3O3/c1-11(21)19-15-8-7-13(10-16(15)23-2)20-17(22)9-12-5-3-4-6-14(12)18/h7-8,10,12,14H,3-6,9,18H2,1-2H3,(H,19,21)(H,20,22). The predicted octanol–water partition coefficient (Wildman–Crippen LogP) is 2.50. The number of nitrogens with two attached hydrogens (primary N) is 1. The first kappa shape index (κ1) is 17.3. The number of anilines is 2. The summed E-state index contributed by atoms with van der Waals surface area (Å²) in [5, 5.41) is 5.56. The van der Waals surface area contributed by atoms with Crippen LogP contribution in [0.1, 0.15) is 39.0 Å². The molecule has 1 fully saturated rings. The first-order chi connectivity index (χ1) is 11.0. The number of nitrogens with one attached hydrogen (secondary N) is 2. The van der Waals surface area contributed by atoms with Gasteiger partial charge in [0.1, 0.15) is 5.75 Å². The molecule has 126 valence electrons. The second-order valence-corrected chi connectivity index (χ2v) is 6.06. The van der Waals surface area contributed by atoms with Gasteiger partial charge in [0.15, 0.2) is 0 Å². The van der Waals surface area contributed by atoms with Gasteiger partial charge in [-0.15, -0.1) is 0 Å². The van der Waals surface area contributed by atoms with Gasteiger partial charge in [-0.05, 0) is 30.9 Å². The highest BCUT2D eigenvalue weighted by Crippen LogP contribution is 2.29. The van der Waals surface area contributed by atoms with Gasteiger partial charge in [0.2, 0.25) is 11.8 Å². The lowest BCUT2D eigenvalue weighted by molar-refractivity contribution is -0.117. The van der Waals surface area contributed by atoms with E-state index in [9.17, 15) is 9.59 Å². The van der Waals surface area contributed by atoms with Crippen LogP contribution in [0.2, 0.25) is 0 Å². The number of carbonyl (C=O) groups is 2. The lowest BCUT2D eigenvalue weighted by Gasteiger charge is -2.28. The van der Waals surface area contributed by atoms with Crippen LogP contribution in [0.4, 0.5) is 11.4 Å². The summed E-state index contributed by atoms with van der Waals surface area (Å²) in [6.07, 6.45) is 4.75. The Morgan fingerprint density at radius 1 is 1.26 bits per heavy atom. The molecule has 1 aliphatic rings. The number of methoxy groups -OCH3 is 1. The van der Waals surface area contributed by atoms with Crippen LogP contribution in [0.3, 0.4) is 0 Å². The van der Waals surface area contributed by atoms with Gasteiger partial charge >= 0.3 is 0 Å². The molecule has 23 heavy (non-hydrogen) atoms. The molecule has 4 N–H and O–H groups in total. The molecule has 0 radical (unpaired) electrons. The molecule has 0 saturated heterocycles. The number of hydrogen-bond acceptors (Lipinski definition) is 4. The highest BCUT2D eigenvalue weighted by molar-refractivity contribution is 5.93. The first-order valence-corrected chi connectivity index (χ1v) is 8.00. The van der Waals surface area contributed by atoms with Crippen molar-refractivity contribution < 1.29 is 14.3 Å². The van der Waals surface area contributed by atoms with E-state index in [2.05, 4.69) is 10.6 Å². The summed E-state index contributed by atoms with van der Waals surface area (Å²) >= 11 is 0. The summed E-state index contributed by atoms with van der Waals surface area (Å²) in [6.45, 7) is 1.43. The fourth-order valence-electron chi connectivity index (χ4n) is 3.00. The van der Waals surface area contributed by atoms with Crippen LogP contribution in [0.25, 0.3) is 0 Å². The minimum atomic E-state index is -0.175. The van der Waals surface area contributed by atoms with Gasteiger partial charge in [0, 0.05) is 31.1 Å². The van der Waals surface area contributed by atoms with Gasteiger partial charge in [0.25, 0.3) is 0 Å². The lowest BCUT2D eigenvalue weighted by Crippen LogP contribution is -2.35. The summed E-state index contributed by atoms with van der Waals surface area (Å²) in [6, 6.07) is 5.27. The van der Waals surface area contributed by atoms with Crippen molar-refractivity contribution in [3.05, 3.63) is 18.2 Å². The van der Waals surface area contributed by atoms with Gasteiger partial charge in [-0.1, -0.05) is 12.8 Å². The largest absolute Gasteiger partial charge is 0.494 e. The van der Waals surface area contributed by atoms with Crippen molar-refractivity contribution in [2.45, 2.75) is 45.1 Å². The summed E-state index contributed by atoms with van der Waals surface area (Å²) < 4.78 is 5.25. The number of hydrogen-bond donors (Lipinski definition) is 3.